The van der Waals surface area contributed by atoms with Crippen molar-refractivity contribution in [1.82, 2.24) is 29.6 Å². The second kappa shape index (κ2) is 7.97. The molecule has 0 radical (unpaired) electrons. The average molecular weight is 414 g/mol. The Kier molecular flexibility index (Phi) is 5.19. The van der Waals surface area contributed by atoms with Crippen LogP contribution in [0.3, 0.4) is 0 Å². The van der Waals surface area contributed by atoms with Crippen LogP contribution in [0, 0.1) is 13.8 Å². The molecule has 0 aliphatic carbocycles. The number of nitrogens with one attached hydrogen (secondary N) is 1. The molecule has 2 aliphatic heterocycles. The Morgan fingerprint density at radius 1 is 1.10 bits per heavy atom. The fraction of sp³-hybridized carbons (Fsp3) is 0.600. The van der Waals surface area contributed by atoms with Crippen LogP contribution < -0.4 is 5.32 Å². The minimum Gasteiger partial charge on any atom is -0.379 e. The normalized spacial score (nSPS) is 17.2. The lowest BCUT2D eigenvalue weighted by atomic mass is 10.2. The van der Waals surface area contributed by atoms with E-state index < -0.39 is 0 Å². The molecule has 0 spiro atoms. The molecule has 1 N–H and O–H groups in total. The molecule has 0 bridgehead atoms. The van der Waals surface area contributed by atoms with E-state index in [0.717, 1.165) is 92.3 Å². The first kappa shape index (κ1) is 18.9. The Labute approximate surface area is 174 Å². The van der Waals surface area contributed by atoms with Crippen LogP contribution in [0.4, 0.5) is 5.82 Å². The largest absolute Gasteiger partial charge is 0.379 e. The van der Waals surface area contributed by atoms with Gasteiger partial charge in [-0.1, -0.05) is 0 Å². The summed E-state index contributed by atoms with van der Waals surface area (Å²) >= 11 is 1.76. The molecule has 154 valence electrons. The summed E-state index contributed by atoms with van der Waals surface area (Å²) in [5.41, 5.74) is 1.27. The van der Waals surface area contributed by atoms with Gasteiger partial charge >= 0.3 is 0 Å². The van der Waals surface area contributed by atoms with E-state index >= 15 is 0 Å². The van der Waals surface area contributed by atoms with Gasteiger partial charge in [0.05, 0.1) is 25.1 Å². The number of ether oxygens (including phenoxy) is 1. The van der Waals surface area contributed by atoms with E-state index in [4.69, 9.17) is 14.7 Å². The van der Waals surface area contributed by atoms with E-state index in [1.54, 1.807) is 11.3 Å². The summed E-state index contributed by atoms with van der Waals surface area (Å²) in [4.78, 5) is 14.5. The second-order valence-corrected chi connectivity index (χ2v) is 9.01. The van der Waals surface area contributed by atoms with Crippen LogP contribution in [0.1, 0.15) is 34.3 Å². The van der Waals surface area contributed by atoms with Crippen LogP contribution in [-0.2, 0) is 30.7 Å². The third-order valence-corrected chi connectivity index (χ3v) is 6.97. The highest BCUT2D eigenvalue weighted by Crippen LogP contribution is 2.33. The first-order chi connectivity index (χ1) is 14.2. The minimum atomic E-state index is 0.766. The maximum absolute atomic E-state index is 5.46. The highest BCUT2D eigenvalue weighted by Gasteiger charge is 2.19. The maximum Gasteiger partial charge on any atom is 0.146 e. The van der Waals surface area contributed by atoms with Crippen molar-refractivity contribution >= 4 is 27.4 Å². The number of hydrogen-bond donors (Lipinski definition) is 1. The molecule has 3 aromatic rings. The van der Waals surface area contributed by atoms with Gasteiger partial charge < -0.3 is 14.6 Å². The van der Waals surface area contributed by atoms with Gasteiger partial charge in [0, 0.05) is 43.9 Å². The predicted octanol–water partition coefficient (Wildman–Crippen LogP) is 2.33. The zero-order chi connectivity index (χ0) is 19.8. The molecule has 29 heavy (non-hydrogen) atoms. The number of rotatable bonds is 6. The molecular weight excluding hydrogens is 386 g/mol. The predicted molar refractivity (Wildman–Crippen MR) is 114 cm³/mol. The summed E-state index contributed by atoms with van der Waals surface area (Å²) in [5.74, 6) is 4.02. The molecule has 9 heteroatoms. The van der Waals surface area contributed by atoms with E-state index in [1.807, 2.05) is 0 Å². The van der Waals surface area contributed by atoms with Crippen molar-refractivity contribution in [2.45, 2.75) is 46.2 Å². The van der Waals surface area contributed by atoms with Gasteiger partial charge in [0.15, 0.2) is 0 Å². The highest BCUT2D eigenvalue weighted by atomic mass is 32.1. The molecule has 0 atom stereocenters. The molecule has 8 nitrogen and oxygen atoms in total. The fourth-order valence-electron chi connectivity index (χ4n) is 4.14. The minimum absolute atomic E-state index is 0.766. The number of anilines is 1. The Morgan fingerprint density at radius 2 is 1.97 bits per heavy atom. The molecule has 2 aliphatic rings. The monoisotopic (exact) mass is 413 g/mol. The Morgan fingerprint density at radius 3 is 2.83 bits per heavy atom. The van der Waals surface area contributed by atoms with Gasteiger partial charge in [0.25, 0.3) is 0 Å². The molecule has 0 unspecified atom stereocenters. The topological polar surface area (TPSA) is 81.0 Å². The van der Waals surface area contributed by atoms with E-state index in [-0.39, 0.29) is 0 Å². The lowest BCUT2D eigenvalue weighted by Gasteiger charge is -2.25. The molecule has 5 rings (SSSR count). The number of thiophene rings is 1. The van der Waals surface area contributed by atoms with Crippen molar-refractivity contribution in [3.8, 4) is 0 Å². The number of aromatic nitrogens is 5. The summed E-state index contributed by atoms with van der Waals surface area (Å²) in [6.07, 6.45) is 3.07. The molecule has 0 saturated carbocycles. The van der Waals surface area contributed by atoms with Crippen LogP contribution in [-0.4, -0.2) is 62.5 Å². The molecule has 5 heterocycles. The van der Waals surface area contributed by atoms with E-state index in [0.29, 0.717) is 0 Å². The van der Waals surface area contributed by atoms with E-state index in [1.165, 1.54) is 16.9 Å². The Balaban J connectivity index is 1.36. The van der Waals surface area contributed by atoms with Gasteiger partial charge in [-0.15, -0.1) is 21.5 Å². The molecule has 1 saturated heterocycles. The summed E-state index contributed by atoms with van der Waals surface area (Å²) in [5, 5.41) is 13.4. The van der Waals surface area contributed by atoms with Crippen LogP contribution in [0.2, 0.25) is 0 Å². The zero-order valence-electron chi connectivity index (χ0n) is 17.1. The van der Waals surface area contributed by atoms with Crippen LogP contribution in [0.5, 0.6) is 0 Å². The number of nitrogens with zero attached hydrogens (tertiary/aromatic N) is 6. The van der Waals surface area contributed by atoms with Crippen LogP contribution >= 0.6 is 11.3 Å². The average Bonchev–Trinajstić information content (AvgIpc) is 3.39. The lowest BCUT2D eigenvalue weighted by Crippen LogP contribution is -2.36. The third kappa shape index (κ3) is 3.74. The molecular formula is C20H27N7OS. The van der Waals surface area contributed by atoms with Gasteiger partial charge in [-0.2, -0.15) is 0 Å². The zero-order valence-corrected chi connectivity index (χ0v) is 17.9. The van der Waals surface area contributed by atoms with Crippen molar-refractivity contribution in [3.05, 3.63) is 27.9 Å². The number of morpholine rings is 1. The highest BCUT2D eigenvalue weighted by molar-refractivity contribution is 7.18. The summed E-state index contributed by atoms with van der Waals surface area (Å²) in [7, 11) is 0. The molecule has 1 fully saturated rings. The van der Waals surface area contributed by atoms with Gasteiger partial charge in [-0.3, -0.25) is 4.90 Å². The molecule has 3 aromatic heterocycles. The SMILES string of the molecule is Cc1sc2nc(CN3CCOCC3)nc(NCCc3nnc4n3CCC4)c2c1C. The third-order valence-electron chi connectivity index (χ3n) is 5.87. The summed E-state index contributed by atoms with van der Waals surface area (Å²) < 4.78 is 7.73. The smallest absolute Gasteiger partial charge is 0.146 e. The second-order valence-electron chi connectivity index (χ2n) is 7.80. The van der Waals surface area contributed by atoms with E-state index in [2.05, 4.69) is 38.8 Å². The van der Waals surface area contributed by atoms with Gasteiger partial charge in [-0.25, -0.2) is 9.97 Å². The Hall–Kier alpha value is -2.10. The van der Waals surface area contributed by atoms with Crippen molar-refractivity contribution in [2.24, 2.45) is 0 Å². The van der Waals surface area contributed by atoms with Crippen LogP contribution in [0.25, 0.3) is 10.2 Å². The van der Waals surface area contributed by atoms with Crippen molar-refractivity contribution in [3.63, 3.8) is 0 Å². The number of hydrogen-bond acceptors (Lipinski definition) is 8. The van der Waals surface area contributed by atoms with Gasteiger partial charge in [-0.05, 0) is 25.8 Å². The van der Waals surface area contributed by atoms with Crippen molar-refractivity contribution < 1.29 is 4.74 Å². The number of fused-ring (bicyclic) bond motifs is 2. The molecule has 0 amide bonds. The first-order valence-electron chi connectivity index (χ1n) is 10.4. The van der Waals surface area contributed by atoms with Crippen LogP contribution in [0.15, 0.2) is 0 Å². The molecule has 0 aromatic carbocycles. The Bertz CT molecular complexity index is 1020. The lowest BCUT2D eigenvalue weighted by molar-refractivity contribution is 0.0331. The summed E-state index contributed by atoms with van der Waals surface area (Å²) in [6.45, 7) is 10.4. The van der Waals surface area contributed by atoms with Gasteiger partial charge in [0.1, 0.15) is 28.1 Å². The quantitative estimate of drug-likeness (QED) is 0.664. The van der Waals surface area contributed by atoms with Gasteiger partial charge in [0.2, 0.25) is 0 Å². The van der Waals surface area contributed by atoms with Crippen molar-refractivity contribution in [1.29, 1.82) is 0 Å². The summed E-state index contributed by atoms with van der Waals surface area (Å²) in [6, 6.07) is 0. The fourth-order valence-corrected chi connectivity index (χ4v) is 5.19. The van der Waals surface area contributed by atoms with E-state index in [9.17, 15) is 0 Å². The standard InChI is InChI=1S/C20H27N7OS/c1-13-14(2)29-20-18(13)19(22-15(23-20)12-26-8-10-28-11-9-26)21-6-5-17-25-24-16-4-3-7-27(16)17/h3-12H2,1-2H3,(H,21,22,23). The first-order valence-corrected chi connectivity index (χ1v) is 11.2. The number of aryl methyl sites for hydroxylation is 3. The van der Waals surface area contributed by atoms with Crippen molar-refractivity contribution in [2.75, 3.05) is 38.2 Å². The maximum atomic E-state index is 5.46.